The van der Waals surface area contributed by atoms with Crippen LogP contribution in [-0.2, 0) is 4.74 Å². The summed E-state index contributed by atoms with van der Waals surface area (Å²) in [6, 6.07) is 5.25. The molecule has 4 fully saturated rings. The van der Waals surface area contributed by atoms with Crippen LogP contribution in [0.15, 0.2) is 18.2 Å². The largest absolute Gasteiger partial charge is 0.465 e. The molecule has 0 radical (unpaired) electrons. The number of nitriles is 1. The quantitative estimate of drug-likeness (QED) is 0.198. The number of piperazine rings is 1. The van der Waals surface area contributed by atoms with E-state index in [0.29, 0.717) is 44.7 Å². The summed E-state index contributed by atoms with van der Waals surface area (Å²) in [4.78, 5) is 39.5. The van der Waals surface area contributed by atoms with Crippen LogP contribution in [0.1, 0.15) is 58.4 Å². The molecule has 0 aliphatic carbocycles. The fraction of sp³-hybridized carbons (Fsp3) is 0.486. The van der Waals surface area contributed by atoms with Crippen molar-refractivity contribution in [3.05, 3.63) is 40.4 Å². The third kappa shape index (κ3) is 6.19. The Kier molecular flexibility index (Phi) is 8.97. The molecule has 4 aromatic rings. The molecule has 8 rings (SSSR count). The predicted molar refractivity (Wildman–Crippen MR) is 197 cm³/mol. The van der Waals surface area contributed by atoms with Gasteiger partial charge in [0.05, 0.1) is 32.9 Å². The summed E-state index contributed by atoms with van der Waals surface area (Å²) >= 11 is 7.72. The fourth-order valence-corrected chi connectivity index (χ4v) is 10.1. The van der Waals surface area contributed by atoms with E-state index in [2.05, 4.69) is 15.2 Å². The van der Waals surface area contributed by atoms with Gasteiger partial charge in [-0.15, -0.1) is 11.3 Å². The summed E-state index contributed by atoms with van der Waals surface area (Å²) in [5, 5.41) is 22.9. The Hall–Kier alpha value is -4.59. The first kappa shape index (κ1) is 36.4. The third-order valence-electron chi connectivity index (χ3n) is 10.9. The van der Waals surface area contributed by atoms with Gasteiger partial charge >= 0.3 is 18.2 Å². The molecule has 54 heavy (non-hydrogen) atoms. The summed E-state index contributed by atoms with van der Waals surface area (Å²) in [5.41, 5.74) is -1.70. The van der Waals surface area contributed by atoms with Gasteiger partial charge in [-0.05, 0) is 70.7 Å². The normalized spacial score (nSPS) is 23.9. The Morgan fingerprint density at radius 2 is 1.93 bits per heavy atom. The summed E-state index contributed by atoms with van der Waals surface area (Å²) in [6.45, 7) is 6.76. The highest BCUT2D eigenvalue weighted by atomic mass is 35.5. The lowest BCUT2D eigenvalue weighted by atomic mass is 9.95. The topological polar surface area (TPSA) is 144 Å². The molecule has 6 heterocycles. The second-order valence-electron chi connectivity index (χ2n) is 15.5. The van der Waals surface area contributed by atoms with Crippen molar-refractivity contribution in [2.75, 3.05) is 43.0 Å². The van der Waals surface area contributed by atoms with Gasteiger partial charge in [0.15, 0.2) is 5.82 Å². The highest BCUT2D eigenvalue weighted by Crippen LogP contribution is 2.47. The van der Waals surface area contributed by atoms with Crippen molar-refractivity contribution < 1.29 is 37.3 Å². The molecule has 2 amide bonds. The van der Waals surface area contributed by atoms with E-state index < -0.39 is 41.1 Å². The number of amides is 2. The number of fused-ring (bicyclic) bond motifs is 5. The molecule has 2 bridgehead atoms. The molecular formula is C37H37ClF3N7O5S. The Labute approximate surface area is 317 Å². The van der Waals surface area contributed by atoms with E-state index >= 15 is 8.78 Å². The van der Waals surface area contributed by atoms with Crippen molar-refractivity contribution in [3.63, 3.8) is 0 Å². The minimum atomic E-state index is -0.999. The van der Waals surface area contributed by atoms with Crippen LogP contribution in [0, 0.1) is 23.0 Å². The van der Waals surface area contributed by atoms with Gasteiger partial charge in [0.1, 0.15) is 46.6 Å². The molecule has 4 aliphatic heterocycles. The van der Waals surface area contributed by atoms with Gasteiger partial charge in [-0.1, -0.05) is 17.7 Å². The lowest BCUT2D eigenvalue weighted by Crippen LogP contribution is -2.55. The lowest BCUT2D eigenvalue weighted by Gasteiger charge is -2.40. The SMILES string of the molecule is CC(C)(C)OC(=O)Nc1sc2c(F)ccc(-c3c(Cl)cc4c(N5CC6CCC(C5)N6C(=O)O)nc(OC[C@@]56CCCN5C[C@H](F)C6)nc4c3F)c2c1C#N. The zero-order chi connectivity index (χ0) is 38.3. The Balaban J connectivity index is 1.26. The predicted octanol–water partition coefficient (Wildman–Crippen LogP) is 7.95. The summed E-state index contributed by atoms with van der Waals surface area (Å²) in [6.07, 6.45) is 0.404. The molecule has 17 heteroatoms. The van der Waals surface area contributed by atoms with Gasteiger partial charge in [-0.25, -0.2) is 22.8 Å². The number of thiophene rings is 1. The number of rotatable bonds is 6. The molecule has 4 atom stereocenters. The van der Waals surface area contributed by atoms with Crippen LogP contribution in [0.2, 0.25) is 5.02 Å². The number of hydrogen-bond donors (Lipinski definition) is 2. The van der Waals surface area contributed by atoms with E-state index in [1.807, 2.05) is 11.0 Å². The van der Waals surface area contributed by atoms with Crippen LogP contribution in [-0.4, -0.2) is 99.2 Å². The van der Waals surface area contributed by atoms with Crippen molar-refractivity contribution in [1.82, 2.24) is 19.8 Å². The van der Waals surface area contributed by atoms with Crippen LogP contribution in [0.5, 0.6) is 6.01 Å². The second kappa shape index (κ2) is 13.3. The van der Waals surface area contributed by atoms with Crippen molar-refractivity contribution in [2.24, 2.45) is 0 Å². The maximum absolute atomic E-state index is 17.3. The van der Waals surface area contributed by atoms with Crippen molar-refractivity contribution in [1.29, 1.82) is 5.26 Å². The molecule has 4 saturated heterocycles. The maximum atomic E-state index is 17.3. The molecule has 4 aliphatic rings. The second-order valence-corrected chi connectivity index (χ2v) is 16.9. The van der Waals surface area contributed by atoms with E-state index in [1.165, 1.54) is 17.0 Å². The molecule has 2 N–H and O–H groups in total. The number of hydrogen-bond acceptors (Lipinski definition) is 10. The number of anilines is 2. The number of aromatic nitrogens is 2. The number of carboxylic acid groups (broad SMARTS) is 1. The number of carbonyl (C=O) groups excluding carboxylic acids is 1. The van der Waals surface area contributed by atoms with Crippen LogP contribution in [0.4, 0.5) is 33.6 Å². The van der Waals surface area contributed by atoms with Gasteiger partial charge in [0, 0.05) is 42.4 Å². The number of ether oxygens (including phenoxy) is 2. The number of halogens is 4. The molecule has 12 nitrogen and oxygen atoms in total. The average Bonchev–Trinajstić information content (AvgIpc) is 3.82. The molecule has 0 saturated carbocycles. The van der Waals surface area contributed by atoms with Crippen LogP contribution in [0.3, 0.4) is 0 Å². The van der Waals surface area contributed by atoms with E-state index in [-0.39, 0.29) is 72.4 Å². The maximum Gasteiger partial charge on any atom is 0.412 e. The Bertz CT molecular complexity index is 2250. The van der Waals surface area contributed by atoms with Crippen LogP contribution in [0.25, 0.3) is 32.1 Å². The smallest absolute Gasteiger partial charge is 0.412 e. The first-order chi connectivity index (χ1) is 25.7. The highest BCUT2D eigenvalue weighted by molar-refractivity contribution is 7.23. The highest BCUT2D eigenvalue weighted by Gasteiger charge is 2.50. The molecule has 0 spiro atoms. The van der Waals surface area contributed by atoms with Crippen molar-refractivity contribution in [2.45, 2.75) is 82.3 Å². The minimum Gasteiger partial charge on any atom is -0.465 e. The van der Waals surface area contributed by atoms with E-state index in [9.17, 15) is 24.3 Å². The first-order valence-corrected chi connectivity index (χ1v) is 19.0. The van der Waals surface area contributed by atoms with E-state index in [4.69, 9.17) is 26.1 Å². The Morgan fingerprint density at radius 1 is 1.19 bits per heavy atom. The summed E-state index contributed by atoms with van der Waals surface area (Å²) in [7, 11) is 0. The van der Waals surface area contributed by atoms with Gasteiger partial charge in [0.2, 0.25) is 0 Å². The number of benzene rings is 2. The number of nitrogens with one attached hydrogen (secondary N) is 1. The Morgan fingerprint density at radius 3 is 2.61 bits per heavy atom. The molecule has 2 aromatic carbocycles. The monoisotopic (exact) mass is 783 g/mol. The summed E-state index contributed by atoms with van der Waals surface area (Å²) in [5.74, 6) is -1.27. The van der Waals surface area contributed by atoms with Gasteiger partial charge in [0.25, 0.3) is 0 Å². The minimum absolute atomic E-state index is 0.00653. The molecule has 2 aromatic heterocycles. The fourth-order valence-electron chi connectivity index (χ4n) is 8.72. The lowest BCUT2D eigenvalue weighted by molar-refractivity contribution is 0.0636. The van der Waals surface area contributed by atoms with Gasteiger partial charge in [-0.3, -0.25) is 15.1 Å². The zero-order valence-corrected chi connectivity index (χ0v) is 31.3. The molecule has 284 valence electrons. The summed E-state index contributed by atoms with van der Waals surface area (Å²) < 4.78 is 58.9. The zero-order valence-electron chi connectivity index (χ0n) is 29.7. The molecule has 2 unspecified atom stereocenters. The van der Waals surface area contributed by atoms with Crippen LogP contribution < -0.4 is 15.0 Å². The van der Waals surface area contributed by atoms with E-state index in [0.717, 1.165) is 36.8 Å². The van der Waals surface area contributed by atoms with Crippen LogP contribution >= 0.6 is 22.9 Å². The third-order valence-corrected chi connectivity index (χ3v) is 12.3. The molecular weight excluding hydrogens is 747 g/mol. The van der Waals surface area contributed by atoms with Gasteiger partial charge < -0.3 is 19.5 Å². The number of carbonyl (C=O) groups is 2. The first-order valence-electron chi connectivity index (χ1n) is 17.8. The van der Waals surface area contributed by atoms with Crippen molar-refractivity contribution >= 4 is 66.9 Å². The van der Waals surface area contributed by atoms with E-state index in [1.54, 1.807) is 20.8 Å². The number of alkyl halides is 1. The average molecular weight is 784 g/mol. The standard InChI is InChI=1S/C37H37ClF3N7O5S/c1-36(2,3)53-34(49)45-32-23(13-42)26-21(7-8-25(40)30(26)54-32)27-24(38)11-22-29(28(27)41)43-33(52-17-37-9-4-10-47(37)14-18(39)12-37)44-31(22)46-15-19-5-6-20(16-46)48(19)35(50)51/h7-8,11,18-20H,4-6,9-10,12,14-17H2,1-3H3,(H,45,49)(H,50,51)/t18-,19?,20?,37+/m1/s1. The number of nitrogens with zero attached hydrogens (tertiary/aromatic N) is 6. The van der Waals surface area contributed by atoms with Gasteiger partial charge in [-0.2, -0.15) is 15.2 Å². The van der Waals surface area contributed by atoms with Crippen molar-refractivity contribution in [3.8, 4) is 23.2 Å².